The molecule has 23 heavy (non-hydrogen) atoms. The number of rotatable bonds is 6. The Hall–Kier alpha value is -2.66. The highest BCUT2D eigenvalue weighted by Gasteiger charge is 2.23. The lowest BCUT2D eigenvalue weighted by atomic mass is 10.2. The molecule has 0 heterocycles. The van der Waals surface area contributed by atoms with Gasteiger partial charge in [0.1, 0.15) is 0 Å². The maximum Gasteiger partial charge on any atom is 0.316 e. The summed E-state index contributed by atoms with van der Waals surface area (Å²) in [5.41, 5.74) is 1.64. The number of ether oxygens (including phenoxy) is 1. The van der Waals surface area contributed by atoms with Crippen molar-refractivity contribution in [3.63, 3.8) is 0 Å². The van der Waals surface area contributed by atoms with Crippen LogP contribution in [0.3, 0.4) is 0 Å². The molecule has 0 radical (unpaired) electrons. The largest absolute Gasteiger partial charge is 0.383 e. The molecule has 0 spiro atoms. The van der Waals surface area contributed by atoms with E-state index in [2.05, 4.69) is 5.32 Å². The number of hydrogen-bond donors (Lipinski definition) is 1. The smallest absolute Gasteiger partial charge is 0.316 e. The van der Waals surface area contributed by atoms with Gasteiger partial charge in [-0.25, -0.2) is 0 Å². The average molecular weight is 312 g/mol. The molecule has 0 saturated heterocycles. The Morgan fingerprint density at radius 3 is 2.22 bits per heavy atom. The maximum absolute atomic E-state index is 12.5. The van der Waals surface area contributed by atoms with Crippen molar-refractivity contribution in [3.05, 3.63) is 66.2 Å². The van der Waals surface area contributed by atoms with Crippen LogP contribution in [0.2, 0.25) is 0 Å². The van der Waals surface area contributed by atoms with Crippen molar-refractivity contribution < 1.29 is 14.3 Å². The molecule has 2 aromatic rings. The van der Waals surface area contributed by atoms with Crippen molar-refractivity contribution in [2.45, 2.75) is 6.54 Å². The van der Waals surface area contributed by atoms with Crippen LogP contribution in [-0.2, 0) is 20.9 Å². The Balaban J connectivity index is 2.16. The van der Waals surface area contributed by atoms with Crippen molar-refractivity contribution in [2.75, 3.05) is 25.2 Å². The molecule has 2 rings (SSSR count). The molecule has 0 saturated carbocycles. The molecule has 2 aromatic carbocycles. The molecule has 0 bridgehead atoms. The van der Waals surface area contributed by atoms with Crippen LogP contribution >= 0.6 is 0 Å². The summed E-state index contributed by atoms with van der Waals surface area (Å²) >= 11 is 0. The van der Waals surface area contributed by atoms with E-state index in [1.54, 1.807) is 7.11 Å². The van der Waals surface area contributed by atoms with Gasteiger partial charge in [-0.05, 0) is 17.7 Å². The summed E-state index contributed by atoms with van der Waals surface area (Å²) in [5.74, 6) is -1.22. The molecule has 0 aliphatic heterocycles. The average Bonchev–Trinajstić information content (AvgIpc) is 2.61. The van der Waals surface area contributed by atoms with Gasteiger partial charge in [0.25, 0.3) is 0 Å². The van der Waals surface area contributed by atoms with E-state index in [0.29, 0.717) is 25.4 Å². The fraction of sp³-hybridized carbons (Fsp3) is 0.222. The fourth-order valence-electron chi connectivity index (χ4n) is 2.12. The summed E-state index contributed by atoms with van der Waals surface area (Å²) in [7, 11) is 1.54. The maximum atomic E-state index is 12.5. The second kappa shape index (κ2) is 8.70. The minimum absolute atomic E-state index is 0.301. The van der Waals surface area contributed by atoms with Crippen molar-refractivity contribution in [3.8, 4) is 0 Å². The van der Waals surface area contributed by atoms with E-state index in [4.69, 9.17) is 4.74 Å². The van der Waals surface area contributed by atoms with E-state index < -0.39 is 11.8 Å². The van der Waals surface area contributed by atoms with Crippen LogP contribution in [0.25, 0.3) is 0 Å². The fourth-order valence-corrected chi connectivity index (χ4v) is 2.12. The molecular formula is C18H20N2O3. The third-order valence-corrected chi connectivity index (χ3v) is 3.28. The standard InChI is InChI=1S/C18H20N2O3/c1-23-13-12-19-17(21)18(22)20(16-10-6-3-7-11-16)14-15-8-4-2-5-9-15/h2-11H,12-14H2,1H3,(H,19,21). The molecule has 0 fully saturated rings. The number of carbonyl (C=O) groups excluding carboxylic acids is 2. The lowest BCUT2D eigenvalue weighted by Gasteiger charge is -2.22. The SMILES string of the molecule is COCCNC(=O)C(=O)N(Cc1ccccc1)c1ccccc1. The molecule has 120 valence electrons. The highest BCUT2D eigenvalue weighted by molar-refractivity contribution is 6.40. The summed E-state index contributed by atoms with van der Waals surface area (Å²) in [6, 6.07) is 18.7. The number of nitrogens with one attached hydrogen (secondary N) is 1. The third kappa shape index (κ3) is 4.93. The molecular weight excluding hydrogens is 292 g/mol. The van der Waals surface area contributed by atoms with Crippen molar-refractivity contribution in [2.24, 2.45) is 0 Å². The lowest BCUT2D eigenvalue weighted by molar-refractivity contribution is -0.137. The summed E-state index contributed by atoms with van der Waals surface area (Å²) in [6.07, 6.45) is 0. The van der Waals surface area contributed by atoms with Crippen molar-refractivity contribution in [1.29, 1.82) is 0 Å². The van der Waals surface area contributed by atoms with Crippen LogP contribution < -0.4 is 10.2 Å². The first-order valence-electron chi connectivity index (χ1n) is 7.40. The number of nitrogens with zero attached hydrogens (tertiary/aromatic N) is 1. The van der Waals surface area contributed by atoms with Crippen molar-refractivity contribution in [1.82, 2.24) is 5.32 Å². The van der Waals surface area contributed by atoms with Gasteiger partial charge in [-0.3, -0.25) is 14.5 Å². The number of para-hydroxylation sites is 1. The van der Waals surface area contributed by atoms with E-state index >= 15 is 0 Å². The van der Waals surface area contributed by atoms with E-state index in [9.17, 15) is 9.59 Å². The zero-order valence-corrected chi connectivity index (χ0v) is 13.1. The van der Waals surface area contributed by atoms with Gasteiger partial charge >= 0.3 is 11.8 Å². The van der Waals surface area contributed by atoms with E-state index in [1.807, 2.05) is 60.7 Å². The van der Waals surface area contributed by atoms with Crippen LogP contribution in [0.4, 0.5) is 5.69 Å². The Labute approximate surface area is 135 Å². The van der Waals surface area contributed by atoms with Crippen LogP contribution in [0, 0.1) is 0 Å². The van der Waals surface area contributed by atoms with Gasteiger partial charge in [0.2, 0.25) is 0 Å². The number of benzene rings is 2. The van der Waals surface area contributed by atoms with Crippen LogP contribution in [0.15, 0.2) is 60.7 Å². The van der Waals surface area contributed by atoms with Gasteiger partial charge in [0.15, 0.2) is 0 Å². The summed E-state index contributed by atoms with van der Waals surface area (Å²) in [6.45, 7) is 0.999. The number of anilines is 1. The van der Waals surface area contributed by atoms with Gasteiger partial charge in [-0.1, -0.05) is 48.5 Å². The molecule has 1 N–H and O–H groups in total. The van der Waals surface area contributed by atoms with Crippen molar-refractivity contribution >= 4 is 17.5 Å². The molecule has 0 aliphatic rings. The molecule has 5 nitrogen and oxygen atoms in total. The Morgan fingerprint density at radius 1 is 1.00 bits per heavy atom. The monoisotopic (exact) mass is 312 g/mol. The topological polar surface area (TPSA) is 58.6 Å². The zero-order chi connectivity index (χ0) is 16.5. The molecule has 0 aromatic heterocycles. The second-order valence-corrected chi connectivity index (χ2v) is 4.96. The molecule has 0 unspecified atom stereocenters. The molecule has 5 heteroatoms. The number of amides is 2. The molecule has 0 atom stereocenters. The second-order valence-electron chi connectivity index (χ2n) is 4.96. The summed E-state index contributed by atoms with van der Waals surface area (Å²) < 4.78 is 4.87. The summed E-state index contributed by atoms with van der Waals surface area (Å²) in [5, 5.41) is 2.56. The normalized spacial score (nSPS) is 10.1. The van der Waals surface area contributed by atoms with Crippen LogP contribution in [0.5, 0.6) is 0 Å². The lowest BCUT2D eigenvalue weighted by Crippen LogP contribution is -2.43. The number of hydrogen-bond acceptors (Lipinski definition) is 3. The molecule has 2 amide bonds. The molecule has 0 aliphatic carbocycles. The van der Waals surface area contributed by atoms with Gasteiger partial charge in [0, 0.05) is 19.3 Å². The van der Waals surface area contributed by atoms with E-state index in [1.165, 1.54) is 4.90 Å². The highest BCUT2D eigenvalue weighted by atomic mass is 16.5. The highest BCUT2D eigenvalue weighted by Crippen LogP contribution is 2.17. The number of carbonyl (C=O) groups is 2. The van der Waals surface area contributed by atoms with E-state index in [-0.39, 0.29) is 0 Å². The Kier molecular flexibility index (Phi) is 6.32. The first-order chi connectivity index (χ1) is 11.2. The third-order valence-electron chi connectivity index (χ3n) is 3.28. The van der Waals surface area contributed by atoms with Crippen LogP contribution in [0.1, 0.15) is 5.56 Å². The first kappa shape index (κ1) is 16.7. The predicted octanol–water partition coefficient (Wildman–Crippen LogP) is 1.98. The van der Waals surface area contributed by atoms with Crippen LogP contribution in [-0.4, -0.2) is 32.1 Å². The minimum atomic E-state index is -0.637. The Morgan fingerprint density at radius 2 is 1.61 bits per heavy atom. The first-order valence-corrected chi connectivity index (χ1v) is 7.40. The summed E-state index contributed by atoms with van der Waals surface area (Å²) in [4.78, 5) is 26.0. The van der Waals surface area contributed by atoms with Gasteiger partial charge in [-0.15, -0.1) is 0 Å². The van der Waals surface area contributed by atoms with Gasteiger partial charge in [-0.2, -0.15) is 0 Å². The Bertz CT molecular complexity index is 629. The van der Waals surface area contributed by atoms with Gasteiger partial charge in [0.05, 0.1) is 13.2 Å². The minimum Gasteiger partial charge on any atom is -0.383 e. The quantitative estimate of drug-likeness (QED) is 0.655. The van der Waals surface area contributed by atoms with E-state index in [0.717, 1.165) is 5.56 Å². The predicted molar refractivity (Wildman–Crippen MR) is 89.0 cm³/mol. The zero-order valence-electron chi connectivity index (χ0n) is 13.1. The van der Waals surface area contributed by atoms with Gasteiger partial charge < -0.3 is 10.1 Å². The number of methoxy groups -OCH3 is 1.